The Morgan fingerprint density at radius 2 is 1.82 bits per heavy atom. The molecule has 0 saturated carbocycles. The Morgan fingerprint density at radius 3 is 2.50 bits per heavy atom. The van der Waals surface area contributed by atoms with Gasteiger partial charge in [-0.2, -0.15) is 5.26 Å². The quantitative estimate of drug-likeness (QED) is 0.145. The summed E-state index contributed by atoms with van der Waals surface area (Å²) < 4.78 is 17.5. The number of carbonyl (C=O) groups is 1. The SMILES string of the molecule is CCCc1nnc(NC(=O)/C(C#N)=C\c2ccc(OCCOc3ccc(C(C)CC)cc3)c(OCC)c2)s1. The summed E-state index contributed by atoms with van der Waals surface area (Å²) in [5.41, 5.74) is 1.88. The van der Waals surface area contributed by atoms with Crippen molar-refractivity contribution >= 4 is 28.5 Å². The molecule has 0 aliphatic carbocycles. The first-order valence-corrected chi connectivity index (χ1v) is 13.7. The van der Waals surface area contributed by atoms with Gasteiger partial charge in [0.25, 0.3) is 5.91 Å². The van der Waals surface area contributed by atoms with E-state index < -0.39 is 5.91 Å². The number of nitrogens with one attached hydrogen (secondary N) is 1. The van der Waals surface area contributed by atoms with Crippen molar-refractivity contribution in [2.75, 3.05) is 25.1 Å². The Kier molecular flexibility index (Phi) is 11.1. The van der Waals surface area contributed by atoms with Crippen molar-refractivity contribution in [3.05, 3.63) is 64.2 Å². The fourth-order valence-corrected chi connectivity index (χ4v) is 4.38. The van der Waals surface area contributed by atoms with Gasteiger partial charge in [-0.15, -0.1) is 10.2 Å². The standard InChI is InChI=1S/C29H34N4O4S/c1-5-8-27-32-33-29(38-27)31-28(34)23(19-30)17-21-9-14-25(26(18-21)35-7-3)37-16-15-36-24-12-10-22(11-13-24)20(4)6-2/h9-14,17-18,20H,5-8,15-16H2,1-4H3,(H,31,33,34)/b23-17-. The summed E-state index contributed by atoms with van der Waals surface area (Å²) in [6.07, 6.45) is 4.33. The maximum atomic E-state index is 12.6. The molecule has 0 spiro atoms. The monoisotopic (exact) mass is 534 g/mol. The Labute approximate surface area is 228 Å². The molecule has 1 N–H and O–H groups in total. The number of aryl methyl sites for hydroxylation is 1. The molecule has 3 aromatic rings. The van der Waals surface area contributed by atoms with Gasteiger partial charge in [0.15, 0.2) is 11.5 Å². The van der Waals surface area contributed by atoms with Crippen molar-refractivity contribution in [3.63, 3.8) is 0 Å². The van der Waals surface area contributed by atoms with Gasteiger partial charge in [-0.25, -0.2) is 0 Å². The minimum atomic E-state index is -0.542. The average molecular weight is 535 g/mol. The summed E-state index contributed by atoms with van der Waals surface area (Å²) in [4.78, 5) is 12.6. The van der Waals surface area contributed by atoms with Crippen LogP contribution in [-0.4, -0.2) is 35.9 Å². The molecule has 1 aromatic heterocycles. The van der Waals surface area contributed by atoms with Gasteiger partial charge < -0.3 is 14.2 Å². The number of hydrogen-bond donors (Lipinski definition) is 1. The molecule has 1 amide bonds. The van der Waals surface area contributed by atoms with E-state index >= 15 is 0 Å². The van der Waals surface area contributed by atoms with Crippen LogP contribution in [0.1, 0.15) is 62.6 Å². The van der Waals surface area contributed by atoms with E-state index in [1.165, 1.54) is 23.0 Å². The zero-order chi connectivity index (χ0) is 27.3. The van der Waals surface area contributed by atoms with Crippen molar-refractivity contribution in [3.8, 4) is 23.3 Å². The molecule has 0 bridgehead atoms. The number of hydrogen-bond acceptors (Lipinski definition) is 8. The molecule has 0 aliphatic rings. The third-order valence-electron chi connectivity index (χ3n) is 5.77. The van der Waals surface area contributed by atoms with Crippen molar-refractivity contribution in [1.82, 2.24) is 10.2 Å². The van der Waals surface area contributed by atoms with Crippen LogP contribution >= 0.6 is 11.3 Å². The highest BCUT2D eigenvalue weighted by molar-refractivity contribution is 7.15. The number of rotatable bonds is 14. The lowest BCUT2D eigenvalue weighted by molar-refractivity contribution is -0.112. The molecule has 200 valence electrons. The highest BCUT2D eigenvalue weighted by Gasteiger charge is 2.14. The molecule has 1 unspecified atom stereocenters. The van der Waals surface area contributed by atoms with Gasteiger partial charge in [-0.3, -0.25) is 10.1 Å². The van der Waals surface area contributed by atoms with Crippen LogP contribution in [0.15, 0.2) is 48.0 Å². The van der Waals surface area contributed by atoms with Crippen LogP contribution in [0.2, 0.25) is 0 Å². The van der Waals surface area contributed by atoms with E-state index in [0.29, 0.717) is 47.9 Å². The molecule has 1 atom stereocenters. The summed E-state index contributed by atoms with van der Waals surface area (Å²) in [5, 5.41) is 21.4. The molecule has 9 heteroatoms. The first-order chi connectivity index (χ1) is 18.5. The van der Waals surface area contributed by atoms with Crippen LogP contribution in [0, 0.1) is 11.3 Å². The minimum absolute atomic E-state index is 0.0545. The normalized spacial score (nSPS) is 11.9. The van der Waals surface area contributed by atoms with Crippen LogP contribution in [-0.2, 0) is 11.2 Å². The summed E-state index contributed by atoms with van der Waals surface area (Å²) >= 11 is 1.30. The second-order valence-electron chi connectivity index (χ2n) is 8.59. The lowest BCUT2D eigenvalue weighted by Crippen LogP contribution is -2.13. The summed E-state index contributed by atoms with van der Waals surface area (Å²) in [5.74, 6) is 1.85. The number of aromatic nitrogens is 2. The zero-order valence-electron chi connectivity index (χ0n) is 22.3. The molecule has 8 nitrogen and oxygen atoms in total. The molecule has 2 aromatic carbocycles. The van der Waals surface area contributed by atoms with Gasteiger partial charge >= 0.3 is 0 Å². The van der Waals surface area contributed by atoms with E-state index in [0.717, 1.165) is 30.0 Å². The van der Waals surface area contributed by atoms with Gasteiger partial charge in [-0.05, 0) is 67.2 Å². The van der Waals surface area contributed by atoms with Gasteiger partial charge in [-0.1, -0.05) is 50.3 Å². The Balaban J connectivity index is 1.61. The summed E-state index contributed by atoms with van der Waals surface area (Å²) in [6.45, 7) is 9.45. The molecule has 3 rings (SSSR count). The summed E-state index contributed by atoms with van der Waals surface area (Å²) in [6, 6.07) is 15.4. The maximum absolute atomic E-state index is 12.6. The number of amides is 1. The van der Waals surface area contributed by atoms with Crippen molar-refractivity contribution < 1.29 is 19.0 Å². The summed E-state index contributed by atoms with van der Waals surface area (Å²) in [7, 11) is 0. The van der Waals surface area contributed by atoms with Crippen LogP contribution in [0.5, 0.6) is 17.2 Å². The third-order valence-corrected chi connectivity index (χ3v) is 6.66. The van der Waals surface area contributed by atoms with Gasteiger partial charge in [0.1, 0.15) is 35.6 Å². The molecule has 0 fully saturated rings. The van der Waals surface area contributed by atoms with Crippen molar-refractivity contribution in [1.29, 1.82) is 5.26 Å². The fraction of sp³-hybridized carbons (Fsp3) is 0.379. The average Bonchev–Trinajstić information content (AvgIpc) is 3.37. The first kappa shape index (κ1) is 28.7. The van der Waals surface area contributed by atoms with Gasteiger partial charge in [0.2, 0.25) is 5.13 Å². The topological polar surface area (TPSA) is 106 Å². The number of ether oxygens (including phenoxy) is 3. The molecule has 0 radical (unpaired) electrons. The van der Waals surface area contributed by atoms with E-state index in [4.69, 9.17) is 14.2 Å². The number of benzene rings is 2. The number of anilines is 1. The predicted octanol–water partition coefficient (Wildman–Crippen LogP) is 6.41. The van der Waals surface area contributed by atoms with Gasteiger partial charge in [0.05, 0.1) is 6.61 Å². The minimum Gasteiger partial charge on any atom is -0.490 e. The van der Waals surface area contributed by atoms with Crippen LogP contribution in [0.4, 0.5) is 5.13 Å². The smallest absolute Gasteiger partial charge is 0.268 e. The van der Waals surface area contributed by atoms with E-state index in [2.05, 4.69) is 41.5 Å². The molecule has 1 heterocycles. The number of nitriles is 1. The molecule has 38 heavy (non-hydrogen) atoms. The second-order valence-corrected chi connectivity index (χ2v) is 9.65. The van der Waals surface area contributed by atoms with Crippen LogP contribution in [0.25, 0.3) is 6.08 Å². The van der Waals surface area contributed by atoms with Crippen molar-refractivity contribution in [2.24, 2.45) is 0 Å². The van der Waals surface area contributed by atoms with Gasteiger partial charge in [0, 0.05) is 6.42 Å². The van der Waals surface area contributed by atoms with E-state index in [9.17, 15) is 10.1 Å². The Bertz CT molecular complexity index is 1260. The molecular formula is C29H34N4O4S. The van der Waals surface area contributed by atoms with E-state index in [1.807, 2.05) is 32.0 Å². The first-order valence-electron chi connectivity index (χ1n) is 12.8. The number of nitrogens with zero attached hydrogens (tertiary/aromatic N) is 3. The zero-order valence-corrected chi connectivity index (χ0v) is 23.1. The lowest BCUT2D eigenvalue weighted by Gasteiger charge is -2.14. The lowest BCUT2D eigenvalue weighted by atomic mass is 9.99. The molecular weight excluding hydrogens is 500 g/mol. The maximum Gasteiger partial charge on any atom is 0.268 e. The second kappa shape index (κ2) is 14.7. The van der Waals surface area contributed by atoms with Crippen LogP contribution < -0.4 is 19.5 Å². The Hall–Kier alpha value is -3.90. The fourth-order valence-electron chi connectivity index (χ4n) is 3.54. The van der Waals surface area contributed by atoms with Crippen molar-refractivity contribution in [2.45, 2.75) is 52.9 Å². The van der Waals surface area contributed by atoms with E-state index in [1.54, 1.807) is 18.2 Å². The predicted molar refractivity (Wildman–Crippen MR) is 150 cm³/mol. The highest BCUT2D eigenvalue weighted by atomic mass is 32.1. The van der Waals surface area contributed by atoms with E-state index in [-0.39, 0.29) is 5.57 Å². The van der Waals surface area contributed by atoms with Crippen LogP contribution in [0.3, 0.4) is 0 Å². The largest absolute Gasteiger partial charge is 0.490 e. The molecule has 0 saturated heterocycles. The third kappa shape index (κ3) is 8.32. The molecule has 0 aliphatic heterocycles. The number of carbonyl (C=O) groups excluding carboxylic acids is 1. The Morgan fingerprint density at radius 1 is 1.05 bits per heavy atom. The highest BCUT2D eigenvalue weighted by Crippen LogP contribution is 2.30.